The molecule has 0 radical (unpaired) electrons. The second kappa shape index (κ2) is 3.44. The summed E-state index contributed by atoms with van der Waals surface area (Å²) in [5.41, 5.74) is 0. The first kappa shape index (κ1) is 7.38. The molecule has 1 amide bonds. The molecule has 58 valence electrons. The average molecular weight is 143 g/mol. The average Bonchev–Trinajstić information content (AvgIpc) is 2.67. The predicted molar refractivity (Wildman–Crippen MR) is 37.8 cm³/mol. The first-order valence-electron chi connectivity index (χ1n) is 3.77. The molecule has 1 aliphatic carbocycles. The van der Waals surface area contributed by atoms with Crippen LogP contribution in [0.3, 0.4) is 0 Å². The maximum Gasteiger partial charge on any atom is 0.407 e. The van der Waals surface area contributed by atoms with Crippen LogP contribution in [0.4, 0.5) is 4.79 Å². The number of alkyl carbamates (subject to hydrolysis) is 1. The van der Waals surface area contributed by atoms with E-state index in [2.05, 4.69) is 5.32 Å². The highest BCUT2D eigenvalue weighted by molar-refractivity contribution is 5.67. The van der Waals surface area contributed by atoms with Gasteiger partial charge in [-0.1, -0.05) is 6.92 Å². The monoisotopic (exact) mass is 143 g/mol. The van der Waals surface area contributed by atoms with Gasteiger partial charge in [0.25, 0.3) is 0 Å². The quantitative estimate of drug-likeness (QED) is 0.646. The van der Waals surface area contributed by atoms with E-state index in [1.807, 2.05) is 6.92 Å². The molecule has 0 unspecified atom stereocenters. The van der Waals surface area contributed by atoms with Crippen LogP contribution >= 0.6 is 0 Å². The van der Waals surface area contributed by atoms with Gasteiger partial charge in [0, 0.05) is 6.54 Å². The Morgan fingerprint density at radius 2 is 2.40 bits per heavy atom. The fraction of sp³-hybridized carbons (Fsp3) is 0.857. The Kier molecular flexibility index (Phi) is 2.54. The number of hydrogen-bond donors (Lipinski definition) is 1. The minimum atomic E-state index is -0.260. The van der Waals surface area contributed by atoms with E-state index in [4.69, 9.17) is 4.74 Å². The topological polar surface area (TPSA) is 38.3 Å². The number of carbonyl (C=O) groups excluding carboxylic acids is 1. The van der Waals surface area contributed by atoms with E-state index in [0.29, 0.717) is 6.54 Å². The van der Waals surface area contributed by atoms with Crippen molar-refractivity contribution in [1.82, 2.24) is 5.32 Å². The summed E-state index contributed by atoms with van der Waals surface area (Å²) in [7, 11) is 0. The third kappa shape index (κ3) is 2.71. The molecule has 0 aliphatic heterocycles. The molecule has 0 aromatic rings. The fourth-order valence-corrected chi connectivity index (χ4v) is 0.606. The molecule has 0 aromatic carbocycles. The van der Waals surface area contributed by atoms with Crippen LogP contribution < -0.4 is 5.32 Å². The first-order valence-corrected chi connectivity index (χ1v) is 3.77. The molecule has 10 heavy (non-hydrogen) atoms. The van der Waals surface area contributed by atoms with Crippen LogP contribution in [-0.2, 0) is 4.74 Å². The third-order valence-electron chi connectivity index (χ3n) is 1.32. The third-order valence-corrected chi connectivity index (χ3v) is 1.32. The molecule has 1 rings (SSSR count). The largest absolute Gasteiger partial charge is 0.446 e. The summed E-state index contributed by atoms with van der Waals surface area (Å²) in [6.07, 6.45) is 3.00. The van der Waals surface area contributed by atoms with Crippen LogP contribution in [0.2, 0.25) is 0 Å². The lowest BCUT2D eigenvalue weighted by Crippen LogP contribution is -2.25. The Bertz CT molecular complexity index is 121. The SMILES string of the molecule is CCCNC(=O)OC1CC1. The van der Waals surface area contributed by atoms with Gasteiger partial charge >= 0.3 is 6.09 Å². The molecule has 1 aliphatic rings. The Hall–Kier alpha value is -0.730. The second-order valence-electron chi connectivity index (χ2n) is 2.53. The molecule has 0 atom stereocenters. The molecule has 1 saturated carbocycles. The zero-order chi connectivity index (χ0) is 7.40. The highest BCUT2D eigenvalue weighted by atomic mass is 16.6. The van der Waals surface area contributed by atoms with E-state index in [9.17, 15) is 4.79 Å². The predicted octanol–water partition coefficient (Wildman–Crippen LogP) is 1.28. The summed E-state index contributed by atoms with van der Waals surface area (Å²) >= 11 is 0. The second-order valence-corrected chi connectivity index (χ2v) is 2.53. The molecule has 0 spiro atoms. The van der Waals surface area contributed by atoms with Crippen LogP contribution in [-0.4, -0.2) is 18.7 Å². The molecule has 1 N–H and O–H groups in total. The molecule has 0 saturated heterocycles. The van der Waals surface area contributed by atoms with Crippen molar-refractivity contribution in [2.24, 2.45) is 0 Å². The minimum Gasteiger partial charge on any atom is -0.446 e. The number of nitrogens with one attached hydrogen (secondary N) is 1. The highest BCUT2D eigenvalue weighted by Crippen LogP contribution is 2.23. The van der Waals surface area contributed by atoms with Crippen LogP contribution in [0.1, 0.15) is 26.2 Å². The van der Waals surface area contributed by atoms with Gasteiger partial charge in [0.05, 0.1) is 0 Å². The Morgan fingerprint density at radius 1 is 1.70 bits per heavy atom. The van der Waals surface area contributed by atoms with E-state index in [0.717, 1.165) is 19.3 Å². The normalized spacial score (nSPS) is 16.5. The molecule has 1 fully saturated rings. The fourth-order valence-electron chi connectivity index (χ4n) is 0.606. The summed E-state index contributed by atoms with van der Waals surface area (Å²) < 4.78 is 4.91. The van der Waals surface area contributed by atoms with Crippen molar-refractivity contribution in [3.8, 4) is 0 Å². The smallest absolute Gasteiger partial charge is 0.407 e. The lowest BCUT2D eigenvalue weighted by atomic mass is 10.5. The van der Waals surface area contributed by atoms with E-state index in [-0.39, 0.29) is 12.2 Å². The lowest BCUT2D eigenvalue weighted by molar-refractivity contribution is 0.139. The van der Waals surface area contributed by atoms with Crippen molar-refractivity contribution in [2.45, 2.75) is 32.3 Å². The van der Waals surface area contributed by atoms with Gasteiger partial charge in [-0.25, -0.2) is 4.79 Å². The molecular weight excluding hydrogens is 130 g/mol. The van der Waals surface area contributed by atoms with E-state index in [1.54, 1.807) is 0 Å². The van der Waals surface area contributed by atoms with Gasteiger partial charge in [0.1, 0.15) is 6.10 Å². The van der Waals surface area contributed by atoms with Crippen molar-refractivity contribution in [3.05, 3.63) is 0 Å². The number of amides is 1. The van der Waals surface area contributed by atoms with Crippen molar-refractivity contribution in [3.63, 3.8) is 0 Å². The maximum absolute atomic E-state index is 10.7. The number of ether oxygens (including phenoxy) is 1. The first-order chi connectivity index (χ1) is 4.83. The highest BCUT2D eigenvalue weighted by Gasteiger charge is 2.25. The van der Waals surface area contributed by atoms with Gasteiger partial charge in [-0.15, -0.1) is 0 Å². The van der Waals surface area contributed by atoms with Gasteiger partial charge in [0.15, 0.2) is 0 Å². The van der Waals surface area contributed by atoms with Gasteiger partial charge in [-0.2, -0.15) is 0 Å². The van der Waals surface area contributed by atoms with Crippen molar-refractivity contribution in [1.29, 1.82) is 0 Å². The van der Waals surface area contributed by atoms with Gasteiger partial charge < -0.3 is 10.1 Å². The summed E-state index contributed by atoms with van der Waals surface area (Å²) in [5, 5.41) is 2.64. The lowest BCUT2D eigenvalue weighted by Gasteiger charge is -2.02. The molecular formula is C7H13NO2. The molecule has 0 aromatic heterocycles. The molecule has 3 nitrogen and oxygen atoms in total. The van der Waals surface area contributed by atoms with Crippen LogP contribution in [0, 0.1) is 0 Å². The van der Waals surface area contributed by atoms with Crippen LogP contribution in [0.15, 0.2) is 0 Å². The summed E-state index contributed by atoms with van der Waals surface area (Å²) in [5.74, 6) is 0. The summed E-state index contributed by atoms with van der Waals surface area (Å²) in [6, 6.07) is 0. The van der Waals surface area contributed by atoms with Crippen molar-refractivity contribution in [2.75, 3.05) is 6.54 Å². The van der Waals surface area contributed by atoms with Crippen LogP contribution in [0.25, 0.3) is 0 Å². The zero-order valence-corrected chi connectivity index (χ0v) is 6.22. The summed E-state index contributed by atoms with van der Waals surface area (Å²) in [6.45, 7) is 2.73. The maximum atomic E-state index is 10.7. The molecule has 0 heterocycles. The van der Waals surface area contributed by atoms with E-state index < -0.39 is 0 Å². The minimum absolute atomic E-state index is 0.219. The number of hydrogen-bond acceptors (Lipinski definition) is 2. The Balaban J connectivity index is 1.97. The van der Waals surface area contributed by atoms with Crippen LogP contribution in [0.5, 0.6) is 0 Å². The molecule has 0 bridgehead atoms. The molecule has 3 heteroatoms. The standard InChI is InChI=1S/C7H13NO2/c1-2-5-8-7(9)10-6-3-4-6/h6H,2-5H2,1H3,(H,8,9). The number of carbonyl (C=O) groups is 1. The summed E-state index contributed by atoms with van der Waals surface area (Å²) in [4.78, 5) is 10.7. The Labute approximate surface area is 60.7 Å². The Morgan fingerprint density at radius 3 is 2.90 bits per heavy atom. The van der Waals surface area contributed by atoms with Gasteiger partial charge in [0.2, 0.25) is 0 Å². The number of rotatable bonds is 3. The van der Waals surface area contributed by atoms with E-state index in [1.165, 1.54) is 0 Å². The van der Waals surface area contributed by atoms with Gasteiger partial charge in [-0.3, -0.25) is 0 Å². The van der Waals surface area contributed by atoms with Crippen molar-refractivity contribution >= 4 is 6.09 Å². The van der Waals surface area contributed by atoms with E-state index >= 15 is 0 Å². The van der Waals surface area contributed by atoms with Crippen molar-refractivity contribution < 1.29 is 9.53 Å². The van der Waals surface area contributed by atoms with Gasteiger partial charge in [-0.05, 0) is 19.3 Å². The zero-order valence-electron chi connectivity index (χ0n) is 6.22.